The van der Waals surface area contributed by atoms with Gasteiger partial charge in [-0.2, -0.15) is 0 Å². The van der Waals surface area contributed by atoms with E-state index in [1.54, 1.807) is 6.20 Å². The van der Waals surface area contributed by atoms with E-state index in [2.05, 4.69) is 0 Å². The Balaban J connectivity index is 2.61. The van der Waals surface area contributed by atoms with Crippen molar-refractivity contribution < 1.29 is 4.79 Å². The lowest BCUT2D eigenvalue weighted by Crippen LogP contribution is -2.21. The van der Waals surface area contributed by atoms with Gasteiger partial charge in [0.1, 0.15) is 4.32 Å². The first-order valence-corrected chi connectivity index (χ1v) is 4.80. The third-order valence-electron chi connectivity index (χ3n) is 1.27. The summed E-state index contributed by atoms with van der Waals surface area (Å²) in [5, 5.41) is 0. The smallest absolute Gasteiger partial charge is 0.242 e. The fourth-order valence-electron chi connectivity index (χ4n) is 0.719. The summed E-state index contributed by atoms with van der Waals surface area (Å²) in [7, 11) is 0. The van der Waals surface area contributed by atoms with Crippen LogP contribution < -0.4 is 0 Å². The monoisotopic (exact) mass is 187 g/mol. The number of nitrogens with zero attached hydrogens (tertiary/aromatic N) is 1. The zero-order valence-electron chi connectivity index (χ0n) is 6.24. The molecule has 0 N–H and O–H groups in total. The minimum Gasteiger partial charge on any atom is -0.273 e. The van der Waals surface area contributed by atoms with Crippen molar-refractivity contribution in [3.05, 3.63) is 12.3 Å². The number of hydrogen-bond acceptors (Lipinski definition) is 3. The molecule has 0 saturated carbocycles. The number of thiocarbonyl (C=S) groups is 1. The molecule has 1 aliphatic rings. The average molecular weight is 187 g/mol. The van der Waals surface area contributed by atoms with Crippen LogP contribution in [0.15, 0.2) is 12.3 Å². The molecule has 0 atom stereocenters. The number of carbonyl (C=O) groups excluding carboxylic acids is 1. The maximum Gasteiger partial charge on any atom is 0.242 e. The molecule has 0 aliphatic carbocycles. The van der Waals surface area contributed by atoms with Gasteiger partial charge in [0, 0.05) is 6.20 Å². The molecule has 2 nitrogen and oxygen atoms in total. The van der Waals surface area contributed by atoms with Gasteiger partial charge in [-0.3, -0.25) is 9.69 Å². The lowest BCUT2D eigenvalue weighted by molar-refractivity contribution is -0.122. The Morgan fingerprint density at radius 3 is 3.00 bits per heavy atom. The van der Waals surface area contributed by atoms with Gasteiger partial charge < -0.3 is 0 Å². The summed E-state index contributed by atoms with van der Waals surface area (Å²) in [5.41, 5.74) is 0. The number of hydrogen-bond donors (Lipinski definition) is 0. The molecule has 1 fully saturated rings. The highest BCUT2D eigenvalue weighted by Crippen LogP contribution is 2.19. The second kappa shape index (κ2) is 3.88. The molecule has 0 spiro atoms. The van der Waals surface area contributed by atoms with Crippen LogP contribution in [0.5, 0.6) is 0 Å². The van der Waals surface area contributed by atoms with Crippen molar-refractivity contribution in [3.63, 3.8) is 0 Å². The molecule has 1 heterocycles. The fraction of sp³-hybridized carbons (Fsp3) is 0.429. The van der Waals surface area contributed by atoms with Crippen molar-refractivity contribution in [2.45, 2.75) is 13.3 Å². The molecule has 60 valence electrons. The minimum absolute atomic E-state index is 0.0877. The predicted molar refractivity (Wildman–Crippen MR) is 51.3 cm³/mol. The van der Waals surface area contributed by atoms with Crippen LogP contribution in [-0.2, 0) is 4.79 Å². The number of allylic oxidation sites excluding steroid dienone is 1. The predicted octanol–water partition coefficient (Wildman–Crippen LogP) is 1.77. The maximum absolute atomic E-state index is 11.1. The van der Waals surface area contributed by atoms with Crippen molar-refractivity contribution in [3.8, 4) is 0 Å². The summed E-state index contributed by atoms with van der Waals surface area (Å²) in [6.07, 6.45) is 4.61. The molecule has 0 unspecified atom stereocenters. The van der Waals surface area contributed by atoms with Gasteiger partial charge >= 0.3 is 0 Å². The van der Waals surface area contributed by atoms with Gasteiger partial charge in [0.15, 0.2) is 0 Å². The van der Waals surface area contributed by atoms with Crippen molar-refractivity contribution in [2.75, 3.05) is 5.75 Å². The first-order chi connectivity index (χ1) is 5.25. The van der Waals surface area contributed by atoms with Crippen LogP contribution in [0.3, 0.4) is 0 Å². The summed E-state index contributed by atoms with van der Waals surface area (Å²) in [6.45, 7) is 2.02. The lowest BCUT2D eigenvalue weighted by atomic mass is 10.4. The number of rotatable bonds is 2. The molecule has 0 aromatic rings. The maximum atomic E-state index is 11.1. The highest BCUT2D eigenvalue weighted by atomic mass is 32.2. The molecule has 1 amide bonds. The van der Waals surface area contributed by atoms with Crippen molar-refractivity contribution in [1.29, 1.82) is 0 Å². The largest absolute Gasteiger partial charge is 0.273 e. The van der Waals surface area contributed by atoms with Gasteiger partial charge in [0.2, 0.25) is 5.91 Å². The summed E-state index contributed by atoms with van der Waals surface area (Å²) in [6, 6.07) is 0. The first kappa shape index (κ1) is 8.74. The Hall–Kier alpha value is -0.350. The van der Waals surface area contributed by atoms with Gasteiger partial charge in [-0.15, -0.1) is 0 Å². The average Bonchev–Trinajstić information content (AvgIpc) is 2.29. The van der Waals surface area contributed by atoms with E-state index < -0.39 is 0 Å². The third-order valence-corrected chi connectivity index (χ3v) is 2.66. The number of carbonyl (C=O) groups is 1. The van der Waals surface area contributed by atoms with E-state index in [0.717, 1.165) is 6.42 Å². The highest BCUT2D eigenvalue weighted by Gasteiger charge is 2.23. The van der Waals surface area contributed by atoms with Crippen molar-refractivity contribution in [1.82, 2.24) is 4.90 Å². The molecule has 0 aromatic carbocycles. The van der Waals surface area contributed by atoms with Crippen molar-refractivity contribution in [2.24, 2.45) is 0 Å². The van der Waals surface area contributed by atoms with E-state index >= 15 is 0 Å². The SMILES string of the molecule is CCC=CN1C(=O)CSC1=S. The van der Waals surface area contributed by atoms with Crippen LogP contribution in [0.25, 0.3) is 0 Å². The number of amides is 1. The van der Waals surface area contributed by atoms with Crippen LogP contribution >= 0.6 is 24.0 Å². The Bertz CT molecular complexity index is 196. The van der Waals surface area contributed by atoms with Crippen LogP contribution in [0.4, 0.5) is 0 Å². The second-order valence-corrected chi connectivity index (χ2v) is 3.72. The summed E-state index contributed by atoms with van der Waals surface area (Å²) < 4.78 is 0.666. The lowest BCUT2D eigenvalue weighted by Gasteiger charge is -2.06. The molecule has 11 heavy (non-hydrogen) atoms. The Morgan fingerprint density at radius 1 is 1.82 bits per heavy atom. The summed E-state index contributed by atoms with van der Waals surface area (Å²) in [5.74, 6) is 0.581. The van der Waals surface area contributed by atoms with E-state index in [9.17, 15) is 4.79 Å². The Morgan fingerprint density at radius 2 is 2.55 bits per heavy atom. The van der Waals surface area contributed by atoms with Gasteiger partial charge in [-0.25, -0.2) is 0 Å². The molecular formula is C7H9NOS2. The van der Waals surface area contributed by atoms with Crippen LogP contribution in [-0.4, -0.2) is 20.9 Å². The Kier molecular flexibility index (Phi) is 3.08. The summed E-state index contributed by atoms with van der Waals surface area (Å²) in [4.78, 5) is 12.6. The van der Waals surface area contributed by atoms with Gasteiger partial charge in [-0.05, 0) is 6.42 Å². The van der Waals surface area contributed by atoms with Crippen molar-refractivity contribution >= 4 is 34.2 Å². The summed E-state index contributed by atoms with van der Waals surface area (Å²) >= 11 is 6.37. The Labute approximate surface area is 75.6 Å². The van der Waals surface area contributed by atoms with Gasteiger partial charge in [0.25, 0.3) is 0 Å². The first-order valence-electron chi connectivity index (χ1n) is 3.41. The molecular weight excluding hydrogens is 178 g/mol. The molecule has 0 bridgehead atoms. The molecule has 0 radical (unpaired) electrons. The second-order valence-electron chi connectivity index (χ2n) is 2.11. The van der Waals surface area contributed by atoms with E-state index in [1.807, 2.05) is 13.0 Å². The fourth-order valence-corrected chi connectivity index (χ4v) is 1.75. The van der Waals surface area contributed by atoms with E-state index in [4.69, 9.17) is 12.2 Å². The van der Waals surface area contributed by atoms with E-state index in [1.165, 1.54) is 16.7 Å². The number of thioether (sulfide) groups is 1. The van der Waals surface area contributed by atoms with E-state index in [0.29, 0.717) is 10.1 Å². The topological polar surface area (TPSA) is 20.3 Å². The zero-order chi connectivity index (χ0) is 8.27. The third kappa shape index (κ3) is 2.04. The quantitative estimate of drug-likeness (QED) is 0.614. The minimum atomic E-state index is 0.0877. The van der Waals surface area contributed by atoms with Crippen LogP contribution in [0.2, 0.25) is 0 Å². The van der Waals surface area contributed by atoms with E-state index in [-0.39, 0.29) is 5.91 Å². The molecule has 0 aromatic heterocycles. The van der Waals surface area contributed by atoms with Gasteiger partial charge in [0.05, 0.1) is 5.75 Å². The standard InChI is InChI=1S/C7H9NOS2/c1-2-3-4-8-6(9)5-11-7(8)10/h3-4H,2,5H2,1H3. The zero-order valence-corrected chi connectivity index (χ0v) is 7.87. The molecule has 1 aliphatic heterocycles. The van der Waals surface area contributed by atoms with Crippen LogP contribution in [0.1, 0.15) is 13.3 Å². The normalized spacial score (nSPS) is 18.8. The van der Waals surface area contributed by atoms with Crippen LogP contribution in [0, 0.1) is 0 Å². The highest BCUT2D eigenvalue weighted by molar-refractivity contribution is 8.24. The molecule has 1 saturated heterocycles. The molecule has 1 rings (SSSR count). The van der Waals surface area contributed by atoms with Gasteiger partial charge in [-0.1, -0.05) is 37.0 Å². The molecule has 4 heteroatoms.